The Labute approximate surface area is 170 Å². The lowest BCUT2D eigenvalue weighted by Gasteiger charge is -2.37. The molecule has 0 unspecified atom stereocenters. The van der Waals surface area contributed by atoms with Gasteiger partial charge in [-0.05, 0) is 33.2 Å². The first-order valence-corrected chi connectivity index (χ1v) is 9.80. The van der Waals surface area contributed by atoms with Crippen LogP contribution in [0.3, 0.4) is 0 Å². The second kappa shape index (κ2) is 8.88. The maximum atomic E-state index is 14.3. The zero-order chi connectivity index (χ0) is 21.1. The molecule has 1 aliphatic rings. The smallest absolute Gasteiger partial charge is 0.259 e. The van der Waals surface area contributed by atoms with E-state index in [0.717, 1.165) is 0 Å². The van der Waals surface area contributed by atoms with E-state index in [1.807, 2.05) is 32.8 Å². The fraction of sp³-hybridized carbons (Fsp3) is 0.455. The Kier molecular flexibility index (Phi) is 6.49. The maximum absolute atomic E-state index is 14.3. The predicted molar refractivity (Wildman–Crippen MR) is 109 cm³/mol. The number of pyridine rings is 1. The van der Waals surface area contributed by atoms with Gasteiger partial charge in [0.2, 0.25) is 5.88 Å². The van der Waals surface area contributed by atoms with Crippen LogP contribution in [0.5, 0.6) is 5.88 Å². The molecule has 0 aliphatic carbocycles. The molecular weight excluding hydrogens is 373 g/mol. The monoisotopic (exact) mass is 401 g/mol. The molecule has 1 aromatic heterocycles. The fourth-order valence-corrected chi connectivity index (χ4v) is 3.52. The first kappa shape index (κ1) is 21.2. The third-order valence-corrected chi connectivity index (χ3v) is 5.25. The number of benzene rings is 1. The molecular formula is C22H28FN3O3. The van der Waals surface area contributed by atoms with Gasteiger partial charge >= 0.3 is 0 Å². The van der Waals surface area contributed by atoms with Crippen LogP contribution in [0, 0.1) is 11.7 Å². The summed E-state index contributed by atoms with van der Waals surface area (Å²) in [7, 11) is 3.92. The minimum Gasteiger partial charge on any atom is -0.472 e. The van der Waals surface area contributed by atoms with Crippen molar-refractivity contribution in [2.24, 2.45) is 5.92 Å². The highest BCUT2D eigenvalue weighted by molar-refractivity contribution is 5.98. The van der Waals surface area contributed by atoms with E-state index in [0.29, 0.717) is 24.2 Å². The van der Waals surface area contributed by atoms with Gasteiger partial charge in [-0.25, -0.2) is 9.37 Å². The number of ether oxygens (including phenoxy) is 1. The number of nitrogens with zero attached hydrogens (tertiary/aromatic N) is 3. The Morgan fingerprint density at radius 1 is 1.34 bits per heavy atom. The van der Waals surface area contributed by atoms with Crippen molar-refractivity contribution in [1.29, 1.82) is 0 Å². The molecule has 0 radical (unpaired) electrons. The molecule has 7 heteroatoms. The fourth-order valence-electron chi connectivity index (χ4n) is 3.52. The normalized spacial score (nSPS) is 20.7. The molecule has 29 heavy (non-hydrogen) atoms. The third-order valence-electron chi connectivity index (χ3n) is 5.25. The SMILES string of the molecule is C[C@H]1CN([C@@H](C)CO)C(=O)c2cc(-c3ccccc3F)cnc2O[C@@H]1CN(C)C. The van der Waals surface area contributed by atoms with Crippen molar-refractivity contribution in [2.45, 2.75) is 26.0 Å². The van der Waals surface area contributed by atoms with Gasteiger partial charge in [0, 0.05) is 36.3 Å². The second-order valence-electron chi connectivity index (χ2n) is 7.94. The third kappa shape index (κ3) is 4.57. The largest absolute Gasteiger partial charge is 0.472 e. The molecule has 0 spiro atoms. The van der Waals surface area contributed by atoms with Gasteiger partial charge in [0.15, 0.2) is 0 Å². The van der Waals surface area contributed by atoms with Crippen LogP contribution < -0.4 is 4.74 Å². The molecule has 156 valence electrons. The molecule has 1 amide bonds. The number of likely N-dealkylation sites (N-methyl/N-ethyl adjacent to an activating group) is 1. The van der Waals surface area contributed by atoms with Gasteiger partial charge in [0.25, 0.3) is 5.91 Å². The van der Waals surface area contributed by atoms with Crippen LogP contribution in [0.4, 0.5) is 4.39 Å². The summed E-state index contributed by atoms with van der Waals surface area (Å²) in [6.07, 6.45) is 1.35. The number of hydrogen-bond donors (Lipinski definition) is 1. The molecule has 2 aromatic rings. The van der Waals surface area contributed by atoms with Crippen molar-refractivity contribution >= 4 is 5.91 Å². The second-order valence-corrected chi connectivity index (χ2v) is 7.94. The summed E-state index contributed by atoms with van der Waals surface area (Å²) >= 11 is 0. The standard InChI is InChI=1S/C22H28FN3O3/c1-14-11-26(15(2)13-27)22(28)18-9-16(17-7-5-6-8-19(17)23)10-24-21(18)29-20(14)12-25(3)4/h5-10,14-15,20,27H,11-13H2,1-4H3/t14-,15-,20+/m0/s1. The van der Waals surface area contributed by atoms with Gasteiger partial charge in [-0.3, -0.25) is 4.79 Å². The van der Waals surface area contributed by atoms with E-state index in [-0.39, 0.29) is 47.8 Å². The lowest BCUT2D eigenvalue weighted by Crippen LogP contribution is -2.49. The van der Waals surface area contributed by atoms with Crippen molar-refractivity contribution in [3.8, 4) is 17.0 Å². The van der Waals surface area contributed by atoms with Crippen molar-refractivity contribution in [3.63, 3.8) is 0 Å². The van der Waals surface area contributed by atoms with Crippen LogP contribution in [0.1, 0.15) is 24.2 Å². The van der Waals surface area contributed by atoms with Crippen molar-refractivity contribution in [2.75, 3.05) is 33.8 Å². The molecule has 0 bridgehead atoms. The predicted octanol–water partition coefficient (Wildman–Crippen LogP) is 2.67. The molecule has 3 rings (SSSR count). The quantitative estimate of drug-likeness (QED) is 0.835. The van der Waals surface area contributed by atoms with Crippen LogP contribution >= 0.6 is 0 Å². The summed E-state index contributed by atoms with van der Waals surface area (Å²) in [5.41, 5.74) is 1.16. The summed E-state index contributed by atoms with van der Waals surface area (Å²) in [6, 6.07) is 7.65. The number of amides is 1. The molecule has 6 nitrogen and oxygen atoms in total. The van der Waals surface area contributed by atoms with Crippen LogP contribution in [0.2, 0.25) is 0 Å². The first-order valence-electron chi connectivity index (χ1n) is 9.80. The van der Waals surface area contributed by atoms with Gasteiger partial charge in [-0.2, -0.15) is 0 Å². The highest BCUT2D eigenvalue weighted by atomic mass is 19.1. The Balaban J connectivity index is 2.09. The van der Waals surface area contributed by atoms with E-state index in [9.17, 15) is 14.3 Å². The first-order chi connectivity index (χ1) is 13.8. The van der Waals surface area contributed by atoms with E-state index in [2.05, 4.69) is 4.98 Å². The summed E-state index contributed by atoms with van der Waals surface area (Å²) in [5.74, 6) is -0.379. The topological polar surface area (TPSA) is 65.9 Å². The number of hydrogen-bond acceptors (Lipinski definition) is 5. The van der Waals surface area contributed by atoms with E-state index < -0.39 is 0 Å². The van der Waals surface area contributed by atoms with Crippen molar-refractivity contribution in [1.82, 2.24) is 14.8 Å². The summed E-state index contributed by atoms with van der Waals surface area (Å²) in [6.45, 7) is 4.79. The summed E-state index contributed by atoms with van der Waals surface area (Å²) < 4.78 is 20.4. The number of halogens is 1. The Morgan fingerprint density at radius 2 is 2.07 bits per heavy atom. The molecule has 1 N–H and O–H groups in total. The number of rotatable bonds is 5. The number of aromatic nitrogens is 1. The van der Waals surface area contributed by atoms with Crippen molar-refractivity contribution in [3.05, 3.63) is 47.9 Å². The van der Waals surface area contributed by atoms with Crippen LogP contribution in [-0.2, 0) is 0 Å². The lowest BCUT2D eigenvalue weighted by atomic mass is 9.99. The highest BCUT2D eigenvalue weighted by Crippen LogP contribution is 2.31. The van der Waals surface area contributed by atoms with Crippen LogP contribution in [0.15, 0.2) is 36.5 Å². The number of carbonyl (C=O) groups excluding carboxylic acids is 1. The van der Waals surface area contributed by atoms with Crippen molar-refractivity contribution < 1.29 is 19.0 Å². The Morgan fingerprint density at radius 3 is 2.72 bits per heavy atom. The summed E-state index contributed by atoms with van der Waals surface area (Å²) in [5, 5.41) is 9.68. The molecule has 1 aromatic carbocycles. The maximum Gasteiger partial charge on any atom is 0.259 e. The van der Waals surface area contributed by atoms with Gasteiger partial charge in [0.05, 0.1) is 12.6 Å². The van der Waals surface area contributed by atoms with Crippen LogP contribution in [0.25, 0.3) is 11.1 Å². The lowest BCUT2D eigenvalue weighted by molar-refractivity contribution is 0.0348. The molecule has 0 saturated heterocycles. The molecule has 0 saturated carbocycles. The van der Waals surface area contributed by atoms with E-state index in [4.69, 9.17) is 4.74 Å². The Bertz CT molecular complexity index is 874. The highest BCUT2D eigenvalue weighted by Gasteiger charge is 2.34. The number of aliphatic hydroxyl groups is 1. The zero-order valence-electron chi connectivity index (χ0n) is 17.3. The minimum absolute atomic E-state index is 0.0385. The van der Waals surface area contributed by atoms with Gasteiger partial charge in [-0.1, -0.05) is 25.1 Å². The zero-order valence-corrected chi connectivity index (χ0v) is 17.3. The molecule has 2 heterocycles. The van der Waals surface area contributed by atoms with E-state index >= 15 is 0 Å². The average molecular weight is 401 g/mol. The number of carbonyl (C=O) groups is 1. The minimum atomic E-state index is -0.381. The van der Waals surface area contributed by atoms with Gasteiger partial charge in [0.1, 0.15) is 17.5 Å². The van der Waals surface area contributed by atoms with Gasteiger partial charge < -0.3 is 19.6 Å². The van der Waals surface area contributed by atoms with E-state index in [1.165, 1.54) is 12.3 Å². The van der Waals surface area contributed by atoms with Crippen LogP contribution in [-0.4, -0.2) is 71.7 Å². The average Bonchev–Trinajstić information content (AvgIpc) is 2.70. The van der Waals surface area contributed by atoms with Gasteiger partial charge in [-0.15, -0.1) is 0 Å². The Hall–Kier alpha value is -2.51. The molecule has 3 atom stereocenters. The number of fused-ring (bicyclic) bond motifs is 1. The number of aliphatic hydroxyl groups excluding tert-OH is 1. The summed E-state index contributed by atoms with van der Waals surface area (Å²) in [4.78, 5) is 21.4. The van der Waals surface area contributed by atoms with E-state index in [1.54, 1.807) is 29.2 Å². The molecule has 1 aliphatic heterocycles. The molecule has 0 fully saturated rings.